The van der Waals surface area contributed by atoms with Crippen molar-refractivity contribution in [2.45, 2.75) is 26.4 Å². The lowest BCUT2D eigenvalue weighted by atomic mass is 9.95. The Labute approximate surface area is 187 Å². The molecule has 3 aromatic carbocycles. The number of rotatable bonds is 9. The van der Waals surface area contributed by atoms with Crippen molar-refractivity contribution in [3.63, 3.8) is 0 Å². The van der Waals surface area contributed by atoms with Crippen LogP contribution in [0.2, 0.25) is 0 Å². The molecule has 0 saturated heterocycles. The first-order valence-corrected chi connectivity index (χ1v) is 10.8. The zero-order chi connectivity index (χ0) is 22.5. The van der Waals surface area contributed by atoms with Gasteiger partial charge in [-0.15, -0.1) is 0 Å². The molecule has 0 fully saturated rings. The van der Waals surface area contributed by atoms with Crippen molar-refractivity contribution < 1.29 is 19.1 Å². The van der Waals surface area contributed by atoms with Crippen LogP contribution in [0.3, 0.4) is 0 Å². The Bertz CT molecular complexity index is 1230. The van der Waals surface area contributed by atoms with Gasteiger partial charge in [0.25, 0.3) is 0 Å². The molecule has 0 bridgehead atoms. The monoisotopic (exact) mass is 429 g/mol. The molecule has 0 aliphatic heterocycles. The van der Waals surface area contributed by atoms with E-state index in [2.05, 4.69) is 37.3 Å². The molecule has 3 N–H and O–H groups in total. The number of benzene rings is 3. The quantitative estimate of drug-likeness (QED) is 0.370. The van der Waals surface area contributed by atoms with E-state index in [4.69, 9.17) is 20.0 Å². The van der Waals surface area contributed by atoms with E-state index >= 15 is 0 Å². The lowest BCUT2D eigenvalue weighted by Crippen LogP contribution is -2.13. The second kappa shape index (κ2) is 9.71. The van der Waals surface area contributed by atoms with Crippen molar-refractivity contribution in [2.75, 3.05) is 6.54 Å². The molecule has 5 nitrogen and oxygen atoms in total. The van der Waals surface area contributed by atoms with Gasteiger partial charge in [-0.05, 0) is 59.8 Å². The van der Waals surface area contributed by atoms with Gasteiger partial charge in [-0.3, -0.25) is 4.79 Å². The maximum absolute atomic E-state index is 11.2. The number of hydrogen-bond donors (Lipinski definition) is 2. The van der Waals surface area contributed by atoms with E-state index in [-0.39, 0.29) is 6.42 Å². The van der Waals surface area contributed by atoms with Crippen molar-refractivity contribution in [1.82, 2.24) is 0 Å². The molecule has 164 valence electrons. The fraction of sp³-hybridized carbons (Fsp3) is 0.222. The predicted octanol–water partition coefficient (Wildman–Crippen LogP) is 5.44. The van der Waals surface area contributed by atoms with E-state index < -0.39 is 5.97 Å². The SMILES string of the molecule is C[C@@H](CN)Cc1cccc(-c2cc(COc3ccccc3CC(=O)O)cc3ccoc23)c1. The van der Waals surface area contributed by atoms with Gasteiger partial charge in [-0.25, -0.2) is 0 Å². The summed E-state index contributed by atoms with van der Waals surface area (Å²) in [6.07, 6.45) is 2.55. The second-order valence-electron chi connectivity index (χ2n) is 8.19. The number of nitrogens with two attached hydrogens (primary N) is 1. The molecule has 4 rings (SSSR count). The van der Waals surface area contributed by atoms with Gasteiger partial charge in [-0.1, -0.05) is 49.4 Å². The van der Waals surface area contributed by atoms with E-state index in [0.717, 1.165) is 34.1 Å². The Kier molecular flexibility index (Phi) is 6.57. The number of carboxylic acid groups (broad SMARTS) is 1. The van der Waals surface area contributed by atoms with Crippen molar-refractivity contribution in [3.05, 3.63) is 89.7 Å². The van der Waals surface area contributed by atoms with Crippen LogP contribution >= 0.6 is 0 Å². The topological polar surface area (TPSA) is 85.7 Å². The Morgan fingerprint density at radius 2 is 1.91 bits per heavy atom. The van der Waals surface area contributed by atoms with Gasteiger partial charge in [0, 0.05) is 16.5 Å². The molecule has 0 aliphatic carbocycles. The molecular formula is C27H27NO4. The molecule has 1 atom stereocenters. The van der Waals surface area contributed by atoms with E-state index in [9.17, 15) is 4.79 Å². The van der Waals surface area contributed by atoms with Gasteiger partial charge in [0.15, 0.2) is 0 Å². The number of fused-ring (bicyclic) bond motifs is 1. The average Bonchev–Trinajstić information content (AvgIpc) is 3.26. The maximum atomic E-state index is 11.2. The molecule has 0 amide bonds. The van der Waals surface area contributed by atoms with Crippen molar-refractivity contribution >= 4 is 16.9 Å². The average molecular weight is 430 g/mol. The van der Waals surface area contributed by atoms with E-state index in [1.54, 1.807) is 18.4 Å². The van der Waals surface area contributed by atoms with Gasteiger partial charge in [0.2, 0.25) is 0 Å². The van der Waals surface area contributed by atoms with Crippen molar-refractivity contribution in [1.29, 1.82) is 0 Å². The third-order valence-corrected chi connectivity index (χ3v) is 5.54. The molecule has 0 spiro atoms. The van der Waals surface area contributed by atoms with Gasteiger partial charge < -0.3 is 20.0 Å². The lowest BCUT2D eigenvalue weighted by molar-refractivity contribution is -0.136. The number of aliphatic carboxylic acids is 1. The van der Waals surface area contributed by atoms with Crippen LogP contribution in [-0.4, -0.2) is 17.6 Å². The van der Waals surface area contributed by atoms with E-state index in [0.29, 0.717) is 30.4 Å². The fourth-order valence-electron chi connectivity index (χ4n) is 3.91. The Hall–Kier alpha value is -3.57. The van der Waals surface area contributed by atoms with E-state index in [1.165, 1.54) is 5.56 Å². The normalized spacial score (nSPS) is 12.1. The Balaban J connectivity index is 1.64. The summed E-state index contributed by atoms with van der Waals surface area (Å²) < 4.78 is 11.8. The van der Waals surface area contributed by atoms with Crippen LogP contribution in [0.1, 0.15) is 23.6 Å². The summed E-state index contributed by atoms with van der Waals surface area (Å²) >= 11 is 0. The van der Waals surface area contributed by atoms with Crippen molar-refractivity contribution in [2.24, 2.45) is 11.7 Å². The summed E-state index contributed by atoms with van der Waals surface area (Å²) in [5.41, 5.74) is 11.6. The third-order valence-electron chi connectivity index (χ3n) is 5.54. The largest absolute Gasteiger partial charge is 0.489 e. The molecule has 32 heavy (non-hydrogen) atoms. The molecule has 0 saturated carbocycles. The highest BCUT2D eigenvalue weighted by Gasteiger charge is 2.13. The zero-order valence-electron chi connectivity index (χ0n) is 18.1. The zero-order valence-corrected chi connectivity index (χ0v) is 18.1. The van der Waals surface area contributed by atoms with Crippen LogP contribution in [-0.2, 0) is 24.2 Å². The third kappa shape index (κ3) is 5.01. The Morgan fingerprint density at radius 3 is 2.72 bits per heavy atom. The summed E-state index contributed by atoms with van der Waals surface area (Å²) in [5, 5.41) is 10.2. The summed E-state index contributed by atoms with van der Waals surface area (Å²) in [7, 11) is 0. The van der Waals surface area contributed by atoms with Gasteiger partial charge in [-0.2, -0.15) is 0 Å². The highest BCUT2D eigenvalue weighted by molar-refractivity contribution is 5.93. The van der Waals surface area contributed by atoms with Crippen LogP contribution in [0.15, 0.2) is 77.4 Å². The molecule has 0 radical (unpaired) electrons. The number of hydrogen-bond acceptors (Lipinski definition) is 4. The van der Waals surface area contributed by atoms with Crippen LogP contribution < -0.4 is 10.5 Å². The second-order valence-corrected chi connectivity index (χ2v) is 8.19. The Morgan fingerprint density at radius 1 is 1.06 bits per heavy atom. The molecule has 1 heterocycles. The molecule has 5 heteroatoms. The first-order chi connectivity index (χ1) is 15.5. The standard InChI is InChI=1S/C27H27NO4/c1-18(16-28)11-19-5-4-7-21(12-19)24-14-20(13-23-9-10-31-27(23)24)17-32-25-8-3-2-6-22(25)15-26(29)30/h2-10,12-14,18H,11,15-17,28H2,1H3,(H,29,30)/t18-/m1/s1. The van der Waals surface area contributed by atoms with Gasteiger partial charge in [0.05, 0.1) is 12.7 Å². The number of ether oxygens (including phenoxy) is 1. The van der Waals surface area contributed by atoms with Gasteiger partial charge in [0.1, 0.15) is 17.9 Å². The lowest BCUT2D eigenvalue weighted by Gasteiger charge is -2.13. The van der Waals surface area contributed by atoms with Crippen LogP contribution in [0.5, 0.6) is 5.75 Å². The molecule has 0 aliphatic rings. The minimum absolute atomic E-state index is 0.0732. The summed E-state index contributed by atoms with van der Waals surface area (Å²) in [5.74, 6) is 0.119. The van der Waals surface area contributed by atoms with E-state index in [1.807, 2.05) is 24.3 Å². The summed E-state index contributed by atoms with van der Waals surface area (Å²) in [6.45, 7) is 3.13. The highest BCUT2D eigenvalue weighted by Crippen LogP contribution is 2.32. The number of furan rings is 1. The maximum Gasteiger partial charge on any atom is 0.307 e. The molecule has 4 aromatic rings. The summed E-state index contributed by atoms with van der Waals surface area (Å²) in [4.78, 5) is 11.2. The number of carbonyl (C=O) groups is 1. The first-order valence-electron chi connectivity index (χ1n) is 10.8. The fourth-order valence-corrected chi connectivity index (χ4v) is 3.91. The molecular weight excluding hydrogens is 402 g/mol. The minimum atomic E-state index is -0.882. The molecule has 1 aromatic heterocycles. The smallest absolute Gasteiger partial charge is 0.307 e. The van der Waals surface area contributed by atoms with Crippen LogP contribution in [0.4, 0.5) is 0 Å². The van der Waals surface area contributed by atoms with Crippen LogP contribution in [0, 0.1) is 5.92 Å². The summed E-state index contributed by atoms with van der Waals surface area (Å²) in [6, 6.07) is 21.8. The highest BCUT2D eigenvalue weighted by atomic mass is 16.5. The minimum Gasteiger partial charge on any atom is -0.489 e. The number of carboxylic acids is 1. The predicted molar refractivity (Wildman–Crippen MR) is 126 cm³/mol. The van der Waals surface area contributed by atoms with Crippen molar-refractivity contribution in [3.8, 4) is 16.9 Å². The van der Waals surface area contributed by atoms with Gasteiger partial charge >= 0.3 is 5.97 Å². The molecule has 0 unspecified atom stereocenters. The first kappa shape index (κ1) is 21.7. The van der Waals surface area contributed by atoms with Crippen LogP contribution in [0.25, 0.3) is 22.1 Å². The number of para-hydroxylation sites is 1.